The molecule has 0 radical (unpaired) electrons. The number of nitrogens with one attached hydrogen (secondary N) is 1. The van der Waals surface area contributed by atoms with E-state index >= 15 is 0 Å². The van der Waals surface area contributed by atoms with E-state index in [2.05, 4.69) is 28.2 Å². The van der Waals surface area contributed by atoms with Gasteiger partial charge in [0.2, 0.25) is 0 Å². The van der Waals surface area contributed by atoms with Gasteiger partial charge in [-0.15, -0.1) is 0 Å². The van der Waals surface area contributed by atoms with Crippen molar-refractivity contribution in [1.82, 2.24) is 5.32 Å². The van der Waals surface area contributed by atoms with Crippen molar-refractivity contribution in [3.63, 3.8) is 0 Å². The topological polar surface area (TPSA) is 29.1 Å². The fourth-order valence-electron chi connectivity index (χ4n) is 2.89. The number of rotatable bonds is 3. The Morgan fingerprint density at radius 1 is 1.32 bits per heavy atom. The number of aryl methyl sites for hydroxylation is 1. The van der Waals surface area contributed by atoms with Crippen molar-refractivity contribution in [3.05, 3.63) is 33.8 Å². The SMILES string of the molecule is Cc1cc(Br)cc(C(=O)NCC2CCCCC2C)c1. The Bertz CT molecular complexity index is 438. The van der Waals surface area contributed by atoms with Gasteiger partial charge in [-0.25, -0.2) is 0 Å². The summed E-state index contributed by atoms with van der Waals surface area (Å²) >= 11 is 3.44. The molecule has 1 aromatic rings. The van der Waals surface area contributed by atoms with Crippen LogP contribution >= 0.6 is 15.9 Å². The zero-order valence-electron chi connectivity index (χ0n) is 11.7. The van der Waals surface area contributed by atoms with Gasteiger partial charge in [0, 0.05) is 16.6 Å². The minimum absolute atomic E-state index is 0.0437. The number of carbonyl (C=O) groups excluding carboxylic acids is 1. The Balaban J connectivity index is 1.93. The average molecular weight is 324 g/mol. The van der Waals surface area contributed by atoms with E-state index in [9.17, 15) is 4.79 Å². The lowest BCUT2D eigenvalue weighted by Crippen LogP contribution is -2.33. The smallest absolute Gasteiger partial charge is 0.251 e. The molecule has 0 saturated heterocycles. The van der Waals surface area contributed by atoms with Crippen molar-refractivity contribution in [2.45, 2.75) is 39.5 Å². The zero-order chi connectivity index (χ0) is 13.8. The molecule has 104 valence electrons. The second-order valence-electron chi connectivity index (χ2n) is 5.75. The Labute approximate surface area is 124 Å². The monoisotopic (exact) mass is 323 g/mol. The fraction of sp³-hybridized carbons (Fsp3) is 0.562. The van der Waals surface area contributed by atoms with Gasteiger partial charge in [0.1, 0.15) is 0 Å². The largest absolute Gasteiger partial charge is 0.352 e. The van der Waals surface area contributed by atoms with Crippen LogP contribution in [0, 0.1) is 18.8 Å². The van der Waals surface area contributed by atoms with E-state index in [0.29, 0.717) is 5.92 Å². The molecule has 2 rings (SSSR count). The van der Waals surface area contributed by atoms with Crippen LogP contribution in [0.5, 0.6) is 0 Å². The molecule has 1 aliphatic rings. The number of hydrogen-bond donors (Lipinski definition) is 1. The summed E-state index contributed by atoms with van der Waals surface area (Å²) in [6.45, 7) is 5.12. The third-order valence-corrected chi connectivity index (χ3v) is 4.58. The number of amides is 1. The first kappa shape index (κ1) is 14.6. The van der Waals surface area contributed by atoms with Crippen LogP contribution in [0.15, 0.2) is 22.7 Å². The Morgan fingerprint density at radius 2 is 2.05 bits per heavy atom. The van der Waals surface area contributed by atoms with Crippen LogP contribution in [0.4, 0.5) is 0 Å². The molecule has 0 spiro atoms. The van der Waals surface area contributed by atoms with Crippen LogP contribution in [0.2, 0.25) is 0 Å². The molecule has 1 amide bonds. The van der Waals surface area contributed by atoms with E-state index in [-0.39, 0.29) is 5.91 Å². The first-order chi connectivity index (χ1) is 9.06. The molecule has 0 aromatic heterocycles. The van der Waals surface area contributed by atoms with Crippen molar-refractivity contribution in [2.75, 3.05) is 6.54 Å². The molecule has 19 heavy (non-hydrogen) atoms. The highest BCUT2D eigenvalue weighted by atomic mass is 79.9. The molecular formula is C16H22BrNO. The van der Waals surface area contributed by atoms with Crippen LogP contribution in [0.25, 0.3) is 0 Å². The quantitative estimate of drug-likeness (QED) is 0.882. The van der Waals surface area contributed by atoms with Crippen LogP contribution in [0.3, 0.4) is 0 Å². The molecule has 2 atom stereocenters. The summed E-state index contributed by atoms with van der Waals surface area (Å²) in [7, 11) is 0. The Kier molecular flexibility index (Phi) is 5.03. The highest BCUT2D eigenvalue weighted by Gasteiger charge is 2.21. The lowest BCUT2D eigenvalue weighted by atomic mass is 9.80. The van der Waals surface area contributed by atoms with Gasteiger partial charge in [-0.05, 0) is 48.9 Å². The molecule has 1 saturated carbocycles. The predicted molar refractivity (Wildman–Crippen MR) is 82.3 cm³/mol. The fourth-order valence-corrected chi connectivity index (χ4v) is 3.50. The summed E-state index contributed by atoms with van der Waals surface area (Å²) in [6.07, 6.45) is 5.20. The minimum atomic E-state index is 0.0437. The predicted octanol–water partition coefficient (Wildman–Crippen LogP) is 4.31. The van der Waals surface area contributed by atoms with Crippen LogP contribution in [-0.4, -0.2) is 12.5 Å². The number of benzene rings is 1. The molecule has 1 fully saturated rings. The van der Waals surface area contributed by atoms with Crippen molar-refractivity contribution in [3.8, 4) is 0 Å². The first-order valence-electron chi connectivity index (χ1n) is 7.11. The third-order valence-electron chi connectivity index (χ3n) is 4.12. The van der Waals surface area contributed by atoms with Crippen molar-refractivity contribution >= 4 is 21.8 Å². The zero-order valence-corrected chi connectivity index (χ0v) is 13.3. The maximum absolute atomic E-state index is 12.2. The highest BCUT2D eigenvalue weighted by Crippen LogP contribution is 2.28. The summed E-state index contributed by atoms with van der Waals surface area (Å²) in [5, 5.41) is 3.09. The summed E-state index contributed by atoms with van der Waals surface area (Å²) in [5.41, 5.74) is 1.85. The van der Waals surface area contributed by atoms with Crippen LogP contribution < -0.4 is 5.32 Å². The second-order valence-corrected chi connectivity index (χ2v) is 6.66. The molecule has 2 unspecified atom stereocenters. The Morgan fingerprint density at radius 3 is 2.74 bits per heavy atom. The van der Waals surface area contributed by atoms with Crippen molar-refractivity contribution < 1.29 is 4.79 Å². The molecule has 2 nitrogen and oxygen atoms in total. The van der Waals surface area contributed by atoms with Crippen LogP contribution in [-0.2, 0) is 0 Å². The number of hydrogen-bond acceptors (Lipinski definition) is 1. The Hall–Kier alpha value is -0.830. The standard InChI is InChI=1S/C16H22BrNO/c1-11-7-14(9-15(17)8-11)16(19)18-10-13-6-4-3-5-12(13)2/h7-9,12-13H,3-6,10H2,1-2H3,(H,18,19). The minimum Gasteiger partial charge on any atom is -0.352 e. The molecule has 0 aliphatic heterocycles. The lowest BCUT2D eigenvalue weighted by Gasteiger charge is -2.28. The molecule has 1 aromatic carbocycles. The van der Waals surface area contributed by atoms with E-state index < -0.39 is 0 Å². The molecule has 0 heterocycles. The van der Waals surface area contributed by atoms with Gasteiger partial charge in [0.05, 0.1) is 0 Å². The van der Waals surface area contributed by atoms with Crippen molar-refractivity contribution in [1.29, 1.82) is 0 Å². The van der Waals surface area contributed by atoms with E-state index in [1.165, 1.54) is 25.7 Å². The van der Waals surface area contributed by atoms with E-state index in [4.69, 9.17) is 0 Å². The van der Waals surface area contributed by atoms with Gasteiger partial charge in [0.25, 0.3) is 5.91 Å². The second kappa shape index (κ2) is 6.56. The first-order valence-corrected chi connectivity index (χ1v) is 7.91. The summed E-state index contributed by atoms with van der Waals surface area (Å²) in [6, 6.07) is 5.83. The summed E-state index contributed by atoms with van der Waals surface area (Å²) < 4.78 is 0.962. The third kappa shape index (κ3) is 4.07. The van der Waals surface area contributed by atoms with E-state index in [0.717, 1.165) is 28.1 Å². The maximum Gasteiger partial charge on any atom is 0.251 e. The summed E-state index contributed by atoms with van der Waals surface area (Å²) in [5.74, 6) is 1.42. The van der Waals surface area contributed by atoms with Gasteiger partial charge >= 0.3 is 0 Å². The summed E-state index contributed by atoms with van der Waals surface area (Å²) in [4.78, 5) is 12.2. The van der Waals surface area contributed by atoms with Gasteiger partial charge in [-0.2, -0.15) is 0 Å². The number of halogens is 1. The van der Waals surface area contributed by atoms with E-state index in [1.807, 2.05) is 25.1 Å². The molecule has 1 N–H and O–H groups in total. The van der Waals surface area contributed by atoms with Gasteiger partial charge in [0.15, 0.2) is 0 Å². The van der Waals surface area contributed by atoms with E-state index in [1.54, 1.807) is 0 Å². The molecule has 1 aliphatic carbocycles. The van der Waals surface area contributed by atoms with Gasteiger partial charge in [-0.1, -0.05) is 42.1 Å². The molecule has 0 bridgehead atoms. The maximum atomic E-state index is 12.2. The highest BCUT2D eigenvalue weighted by molar-refractivity contribution is 9.10. The van der Waals surface area contributed by atoms with Gasteiger partial charge in [-0.3, -0.25) is 4.79 Å². The van der Waals surface area contributed by atoms with Gasteiger partial charge < -0.3 is 5.32 Å². The number of carbonyl (C=O) groups is 1. The molecular weight excluding hydrogens is 302 g/mol. The average Bonchev–Trinajstić information content (AvgIpc) is 2.36. The van der Waals surface area contributed by atoms with Crippen molar-refractivity contribution in [2.24, 2.45) is 11.8 Å². The van der Waals surface area contributed by atoms with Crippen LogP contribution in [0.1, 0.15) is 48.5 Å². The normalized spacial score (nSPS) is 23.1. The molecule has 3 heteroatoms. The lowest BCUT2D eigenvalue weighted by molar-refractivity contribution is 0.0936.